The smallest absolute Gasteiger partial charge is 0.335 e. The zero-order valence-corrected chi connectivity index (χ0v) is 25.3. The fraction of sp³-hybridized carbons (Fsp3) is 0.556. The van der Waals surface area contributed by atoms with Crippen LogP contribution in [-0.2, 0) is 33.0 Å². The quantitative estimate of drug-likeness (QED) is 0.188. The molecule has 0 aliphatic carbocycles. The lowest BCUT2D eigenvalue weighted by molar-refractivity contribution is -0.261. The van der Waals surface area contributed by atoms with Crippen molar-refractivity contribution >= 4 is 27.0 Å². The van der Waals surface area contributed by atoms with E-state index in [1.165, 1.54) is 32.1 Å². The largest absolute Gasteiger partial charge is 0.493 e. The predicted octanol–water partition coefficient (Wildman–Crippen LogP) is -1.13. The van der Waals surface area contributed by atoms with Gasteiger partial charge >= 0.3 is 5.97 Å². The first kappa shape index (κ1) is 32.0. The van der Waals surface area contributed by atoms with Crippen LogP contribution in [0.5, 0.6) is 5.75 Å². The zero-order chi connectivity index (χ0) is 31.9. The average Bonchev–Trinajstić information content (AvgIpc) is 3.31. The number of carbonyl (C=O) groups is 1. The molecule has 16 nitrogen and oxygen atoms in total. The molecule has 0 radical (unpaired) electrons. The molecule has 44 heavy (non-hydrogen) atoms. The second-order valence-corrected chi connectivity index (χ2v) is 12.7. The van der Waals surface area contributed by atoms with Gasteiger partial charge < -0.3 is 34.9 Å². The van der Waals surface area contributed by atoms with Crippen molar-refractivity contribution in [3.8, 4) is 17.1 Å². The fourth-order valence-corrected chi connectivity index (χ4v) is 7.08. The fourth-order valence-electron chi connectivity index (χ4n) is 5.63. The molecule has 0 amide bonds. The van der Waals surface area contributed by atoms with Crippen LogP contribution in [0.4, 0.5) is 0 Å². The van der Waals surface area contributed by atoms with Gasteiger partial charge in [0.1, 0.15) is 41.6 Å². The molecule has 5 N–H and O–H groups in total. The van der Waals surface area contributed by atoms with Crippen LogP contribution >= 0.6 is 0 Å². The number of hydrogen-bond acceptors (Lipinski definition) is 12. The Hall–Kier alpha value is -3.45. The first-order valence-electron chi connectivity index (χ1n) is 14.3. The highest BCUT2D eigenvalue weighted by Crippen LogP contribution is 2.33. The van der Waals surface area contributed by atoms with Crippen molar-refractivity contribution in [1.29, 1.82) is 0 Å². The first-order chi connectivity index (χ1) is 20.9. The summed E-state index contributed by atoms with van der Waals surface area (Å²) in [6.45, 7) is 4.07. The number of fused-ring (bicyclic) bond motifs is 1. The van der Waals surface area contributed by atoms with E-state index >= 15 is 0 Å². The van der Waals surface area contributed by atoms with Crippen LogP contribution in [-0.4, -0.2) is 127 Å². The van der Waals surface area contributed by atoms with Gasteiger partial charge in [-0.1, -0.05) is 13.3 Å². The lowest BCUT2D eigenvalue weighted by atomic mass is 9.97. The van der Waals surface area contributed by atoms with Crippen molar-refractivity contribution in [3.05, 3.63) is 34.2 Å². The maximum absolute atomic E-state index is 13.8. The number of aromatic amines is 1. The Kier molecular flexibility index (Phi) is 9.08. The lowest BCUT2D eigenvalue weighted by Crippen LogP contribution is -2.66. The van der Waals surface area contributed by atoms with E-state index in [1.807, 2.05) is 6.92 Å². The number of aryl methyl sites for hydroxylation is 2. The Morgan fingerprint density at radius 2 is 1.82 bits per heavy atom. The summed E-state index contributed by atoms with van der Waals surface area (Å²) < 4.78 is 41.4. The van der Waals surface area contributed by atoms with Crippen molar-refractivity contribution in [2.24, 2.45) is 7.05 Å². The third-order valence-corrected chi connectivity index (χ3v) is 9.75. The van der Waals surface area contributed by atoms with Crippen molar-refractivity contribution in [2.75, 3.05) is 32.8 Å². The molecule has 2 saturated heterocycles. The summed E-state index contributed by atoms with van der Waals surface area (Å²) in [6, 6.07) is 4.31. The molecule has 3 aromatic rings. The third-order valence-electron chi connectivity index (χ3n) is 7.86. The molecule has 0 spiro atoms. The molecule has 4 heterocycles. The summed E-state index contributed by atoms with van der Waals surface area (Å²) in [6.07, 6.45) is -6.83. The first-order valence-corrected chi connectivity index (χ1v) is 15.7. The van der Waals surface area contributed by atoms with Crippen molar-refractivity contribution in [2.45, 2.75) is 62.2 Å². The molecular formula is C27H36N6O10S. The van der Waals surface area contributed by atoms with Crippen LogP contribution in [0.1, 0.15) is 26.0 Å². The standard InChI is InChI=1S/C27H36N6O10S/c1-4-6-16-18-19(31(3)30-16)25(37)29-24(28-18)15-13-14(7-8-17(15)42-5-2)44(40,41)33-11-9-32(10-12-33)26-22(36)20(34)21(35)23(43-26)27(38)39/h7-8,13,20-23,26,34-36H,4-6,9-12H2,1-3H3,(H,38,39)(H,28,29,37)/t20-,21-,22+,23-,26+/m0/s1. The number of H-pyrrole nitrogens is 1. The number of benzene rings is 1. The van der Waals surface area contributed by atoms with Crippen LogP contribution in [0.3, 0.4) is 0 Å². The molecule has 5 rings (SSSR count). The molecule has 0 unspecified atom stereocenters. The highest BCUT2D eigenvalue weighted by Gasteiger charge is 2.49. The number of ether oxygens (including phenoxy) is 2. The van der Waals surface area contributed by atoms with Gasteiger partial charge in [-0.2, -0.15) is 9.40 Å². The van der Waals surface area contributed by atoms with E-state index in [0.29, 0.717) is 28.9 Å². The molecule has 5 atom stereocenters. The van der Waals surface area contributed by atoms with Gasteiger partial charge in [-0.25, -0.2) is 18.2 Å². The minimum absolute atomic E-state index is 0.0368. The number of aromatic nitrogens is 4. The molecule has 0 saturated carbocycles. The van der Waals surface area contributed by atoms with E-state index in [9.17, 15) is 38.4 Å². The topological polar surface area (TPSA) is 221 Å². The number of nitrogens with zero attached hydrogens (tertiary/aromatic N) is 5. The third kappa shape index (κ3) is 5.71. The van der Waals surface area contributed by atoms with Gasteiger partial charge in [0.05, 0.1) is 22.8 Å². The number of sulfonamides is 1. The number of hydrogen-bond donors (Lipinski definition) is 5. The Morgan fingerprint density at radius 3 is 2.45 bits per heavy atom. The Bertz CT molecular complexity index is 1700. The van der Waals surface area contributed by atoms with E-state index in [2.05, 4.69) is 15.1 Å². The number of carboxylic acid groups (broad SMARTS) is 1. The number of rotatable bonds is 9. The summed E-state index contributed by atoms with van der Waals surface area (Å²) in [5, 5.41) is 44.4. The minimum atomic E-state index is -4.07. The molecule has 2 aliphatic heterocycles. The summed E-state index contributed by atoms with van der Waals surface area (Å²) in [5.74, 6) is -1.03. The normalized spacial score (nSPS) is 25.4. The van der Waals surface area contributed by atoms with Gasteiger partial charge in [-0.3, -0.25) is 14.4 Å². The lowest BCUT2D eigenvalue weighted by Gasteiger charge is -2.46. The number of carboxylic acids is 1. The van der Waals surface area contributed by atoms with Crippen LogP contribution in [0.15, 0.2) is 27.9 Å². The highest BCUT2D eigenvalue weighted by atomic mass is 32.2. The van der Waals surface area contributed by atoms with Gasteiger partial charge in [0.2, 0.25) is 10.0 Å². The molecule has 2 aliphatic rings. The van der Waals surface area contributed by atoms with Crippen LogP contribution in [0.2, 0.25) is 0 Å². The molecule has 17 heteroatoms. The molecule has 0 bridgehead atoms. The molecule has 1 aromatic carbocycles. The molecule has 2 fully saturated rings. The second kappa shape index (κ2) is 12.5. The van der Waals surface area contributed by atoms with E-state index in [0.717, 1.165) is 6.42 Å². The van der Waals surface area contributed by atoms with E-state index in [4.69, 9.17) is 9.47 Å². The minimum Gasteiger partial charge on any atom is -0.493 e. The summed E-state index contributed by atoms with van der Waals surface area (Å²) in [5.41, 5.74) is 1.24. The average molecular weight is 637 g/mol. The van der Waals surface area contributed by atoms with E-state index < -0.39 is 52.2 Å². The van der Waals surface area contributed by atoms with Gasteiger partial charge in [0.25, 0.3) is 5.56 Å². The van der Waals surface area contributed by atoms with Crippen molar-refractivity contribution < 1.29 is 43.1 Å². The second-order valence-electron chi connectivity index (χ2n) is 10.7. The van der Waals surface area contributed by atoms with E-state index in [-0.39, 0.29) is 49.1 Å². The van der Waals surface area contributed by atoms with Crippen molar-refractivity contribution in [3.63, 3.8) is 0 Å². The number of nitrogens with one attached hydrogen (secondary N) is 1. The van der Waals surface area contributed by atoms with E-state index in [1.54, 1.807) is 14.0 Å². The van der Waals surface area contributed by atoms with Crippen LogP contribution < -0.4 is 10.3 Å². The highest BCUT2D eigenvalue weighted by molar-refractivity contribution is 7.89. The molecule has 2 aromatic heterocycles. The maximum Gasteiger partial charge on any atom is 0.335 e. The van der Waals surface area contributed by atoms with Gasteiger partial charge in [-0.05, 0) is 31.5 Å². The summed E-state index contributed by atoms with van der Waals surface area (Å²) in [4.78, 5) is 33.4. The monoisotopic (exact) mass is 636 g/mol. The Labute approximate surface area is 252 Å². The Morgan fingerprint density at radius 1 is 1.11 bits per heavy atom. The van der Waals surface area contributed by atoms with Gasteiger partial charge in [-0.15, -0.1) is 0 Å². The number of aliphatic hydroxyl groups excluding tert-OH is 3. The number of aliphatic hydroxyl groups is 3. The van der Waals surface area contributed by atoms with Crippen LogP contribution in [0, 0.1) is 0 Å². The van der Waals surface area contributed by atoms with Gasteiger partial charge in [0, 0.05) is 33.2 Å². The maximum atomic E-state index is 13.8. The number of piperazine rings is 1. The predicted molar refractivity (Wildman–Crippen MR) is 154 cm³/mol. The SMILES string of the molecule is CCCc1nn(C)c2c(=O)[nH]c(-c3cc(S(=O)(=O)N4CCN([C@@H]5O[C@H](C(=O)O)[C@@H](O)[C@H](O)[C@H]5O)CC4)ccc3OCC)nc12. The molecular weight excluding hydrogens is 600 g/mol. The zero-order valence-electron chi connectivity index (χ0n) is 24.5. The summed E-state index contributed by atoms with van der Waals surface area (Å²) in [7, 11) is -2.41. The van der Waals surface area contributed by atoms with Gasteiger partial charge in [0.15, 0.2) is 11.6 Å². The molecule has 240 valence electrons. The van der Waals surface area contributed by atoms with Crippen LogP contribution in [0.25, 0.3) is 22.4 Å². The summed E-state index contributed by atoms with van der Waals surface area (Å²) >= 11 is 0. The number of aliphatic carboxylic acids is 1. The Balaban J connectivity index is 1.42. The van der Waals surface area contributed by atoms with Crippen molar-refractivity contribution in [1.82, 2.24) is 29.0 Å².